The molecule has 5 heteroatoms. The maximum Gasteiger partial charge on any atom is 0.269 e. The van der Waals surface area contributed by atoms with Gasteiger partial charge in [0.1, 0.15) is 5.69 Å². The lowest BCUT2D eigenvalue weighted by molar-refractivity contribution is 0.0890. The predicted octanol–water partition coefficient (Wildman–Crippen LogP) is 0.913. The van der Waals surface area contributed by atoms with Crippen molar-refractivity contribution in [1.29, 1.82) is 0 Å². The fourth-order valence-corrected chi connectivity index (χ4v) is 1.70. The summed E-state index contributed by atoms with van der Waals surface area (Å²) in [6.45, 7) is 6.85. The van der Waals surface area contributed by atoms with Gasteiger partial charge in [0, 0.05) is 13.1 Å². The van der Waals surface area contributed by atoms with E-state index >= 15 is 0 Å². The van der Waals surface area contributed by atoms with Crippen LogP contribution in [0, 0.1) is 5.41 Å². The zero-order chi connectivity index (χ0) is 13.1. The maximum absolute atomic E-state index is 12.0. The van der Waals surface area contributed by atoms with E-state index in [1.54, 1.807) is 24.1 Å². The minimum atomic E-state index is -0.0987. The third kappa shape index (κ3) is 3.56. The number of hydrogen-bond acceptors (Lipinski definition) is 3. The van der Waals surface area contributed by atoms with E-state index < -0.39 is 0 Å². The number of carbonyl (C=O) groups is 1. The lowest BCUT2D eigenvalue weighted by Gasteiger charge is -2.31. The van der Waals surface area contributed by atoms with Gasteiger partial charge in [-0.1, -0.05) is 20.8 Å². The Morgan fingerprint density at radius 1 is 1.59 bits per heavy atom. The van der Waals surface area contributed by atoms with Gasteiger partial charge >= 0.3 is 0 Å². The Labute approximate surface area is 102 Å². The molecular weight excluding hydrogens is 216 g/mol. The molecule has 0 radical (unpaired) electrons. The van der Waals surface area contributed by atoms with Gasteiger partial charge in [-0.2, -0.15) is 0 Å². The highest BCUT2D eigenvalue weighted by molar-refractivity contribution is 5.92. The Kier molecular flexibility index (Phi) is 4.28. The number of nitrogens with zero attached hydrogens (tertiary/aromatic N) is 2. The average Bonchev–Trinajstić information content (AvgIpc) is 2.62. The second-order valence-corrected chi connectivity index (χ2v) is 5.36. The molecule has 0 saturated carbocycles. The summed E-state index contributed by atoms with van der Waals surface area (Å²) in [5.74, 6) is -0.0987. The van der Waals surface area contributed by atoms with Crippen molar-refractivity contribution in [3.8, 4) is 0 Å². The first-order valence-corrected chi connectivity index (χ1v) is 5.83. The third-order valence-electron chi connectivity index (χ3n) is 2.86. The molecule has 1 atom stereocenters. The largest absolute Gasteiger partial charge is 0.347 e. The van der Waals surface area contributed by atoms with Crippen molar-refractivity contribution in [3.05, 3.63) is 18.2 Å². The summed E-state index contributed by atoms with van der Waals surface area (Å²) in [5.41, 5.74) is 6.14. The Morgan fingerprint density at radius 3 is 2.65 bits per heavy atom. The molecular formula is C12H22N4O. The molecule has 1 amide bonds. The lowest BCUT2D eigenvalue weighted by atomic mass is 9.84. The summed E-state index contributed by atoms with van der Waals surface area (Å²) in [4.78, 5) is 16.0. The van der Waals surface area contributed by atoms with Crippen LogP contribution in [0.2, 0.25) is 0 Å². The quantitative estimate of drug-likeness (QED) is 0.819. The summed E-state index contributed by atoms with van der Waals surface area (Å²) in [7, 11) is 1.80. The van der Waals surface area contributed by atoms with E-state index in [0.29, 0.717) is 12.2 Å². The number of aryl methyl sites for hydroxylation is 1. The van der Waals surface area contributed by atoms with Crippen LogP contribution >= 0.6 is 0 Å². The topological polar surface area (TPSA) is 72.9 Å². The number of aromatic nitrogens is 2. The van der Waals surface area contributed by atoms with Gasteiger partial charge in [0.25, 0.3) is 5.91 Å². The minimum absolute atomic E-state index is 0.00633. The fraction of sp³-hybridized carbons (Fsp3) is 0.667. The lowest BCUT2D eigenvalue weighted by Crippen LogP contribution is -2.45. The highest BCUT2D eigenvalue weighted by Crippen LogP contribution is 2.21. The molecule has 5 nitrogen and oxygen atoms in total. The van der Waals surface area contributed by atoms with Crippen LogP contribution in [-0.2, 0) is 7.05 Å². The molecule has 0 spiro atoms. The standard InChI is InChI=1S/C12H22N4O/c1-12(2,3)10(5-6-13)15-11(17)9-7-14-8-16(9)4/h7-8,10H,5-6,13H2,1-4H3,(H,15,17). The van der Waals surface area contributed by atoms with Crippen molar-refractivity contribution < 1.29 is 4.79 Å². The van der Waals surface area contributed by atoms with Gasteiger partial charge in [0.2, 0.25) is 0 Å². The van der Waals surface area contributed by atoms with E-state index in [1.165, 1.54) is 0 Å². The van der Waals surface area contributed by atoms with Crippen LogP contribution in [-0.4, -0.2) is 28.0 Å². The summed E-state index contributed by atoms with van der Waals surface area (Å²) in [6.07, 6.45) is 3.95. The Hall–Kier alpha value is -1.36. The van der Waals surface area contributed by atoms with Crippen molar-refractivity contribution in [1.82, 2.24) is 14.9 Å². The molecule has 0 aliphatic carbocycles. The second-order valence-electron chi connectivity index (χ2n) is 5.36. The number of amides is 1. The molecule has 0 fully saturated rings. The number of nitrogens with one attached hydrogen (secondary N) is 1. The normalized spacial score (nSPS) is 13.5. The van der Waals surface area contributed by atoms with Gasteiger partial charge in [0.15, 0.2) is 0 Å². The van der Waals surface area contributed by atoms with Crippen molar-refractivity contribution in [2.24, 2.45) is 18.2 Å². The Balaban J connectivity index is 2.75. The SMILES string of the molecule is Cn1cncc1C(=O)NC(CCN)C(C)(C)C. The average molecular weight is 238 g/mol. The van der Waals surface area contributed by atoms with Gasteiger partial charge in [-0.15, -0.1) is 0 Å². The van der Waals surface area contributed by atoms with Crippen LogP contribution in [0.3, 0.4) is 0 Å². The van der Waals surface area contributed by atoms with Gasteiger partial charge in [-0.05, 0) is 18.4 Å². The molecule has 1 aromatic heterocycles. The van der Waals surface area contributed by atoms with Crippen LogP contribution in [0.25, 0.3) is 0 Å². The van der Waals surface area contributed by atoms with Crippen LogP contribution in [0.5, 0.6) is 0 Å². The van der Waals surface area contributed by atoms with Crippen LogP contribution in [0.1, 0.15) is 37.7 Å². The van der Waals surface area contributed by atoms with Crippen LogP contribution < -0.4 is 11.1 Å². The number of rotatable bonds is 4. The third-order valence-corrected chi connectivity index (χ3v) is 2.86. The number of nitrogens with two attached hydrogens (primary N) is 1. The molecule has 3 N–H and O–H groups in total. The molecule has 1 aromatic rings. The van der Waals surface area contributed by atoms with Crippen molar-refractivity contribution in [2.45, 2.75) is 33.2 Å². The number of carbonyl (C=O) groups excluding carboxylic acids is 1. The van der Waals surface area contributed by atoms with E-state index in [4.69, 9.17) is 5.73 Å². The molecule has 96 valence electrons. The summed E-state index contributed by atoms with van der Waals surface area (Å²) >= 11 is 0. The summed E-state index contributed by atoms with van der Waals surface area (Å²) in [6, 6.07) is 0.0647. The minimum Gasteiger partial charge on any atom is -0.347 e. The molecule has 17 heavy (non-hydrogen) atoms. The smallest absolute Gasteiger partial charge is 0.269 e. The summed E-state index contributed by atoms with van der Waals surface area (Å²) < 4.78 is 1.71. The maximum atomic E-state index is 12.0. The zero-order valence-corrected chi connectivity index (χ0v) is 11.0. The van der Waals surface area contributed by atoms with Gasteiger partial charge in [0.05, 0.1) is 12.5 Å². The first kappa shape index (κ1) is 13.7. The van der Waals surface area contributed by atoms with E-state index in [1.807, 2.05) is 0 Å². The highest BCUT2D eigenvalue weighted by Gasteiger charge is 2.26. The molecule has 0 aromatic carbocycles. The zero-order valence-electron chi connectivity index (χ0n) is 11.0. The highest BCUT2D eigenvalue weighted by atomic mass is 16.2. The van der Waals surface area contributed by atoms with E-state index in [0.717, 1.165) is 6.42 Å². The fourth-order valence-electron chi connectivity index (χ4n) is 1.70. The van der Waals surface area contributed by atoms with Crippen LogP contribution in [0.15, 0.2) is 12.5 Å². The first-order valence-electron chi connectivity index (χ1n) is 5.83. The van der Waals surface area contributed by atoms with Crippen molar-refractivity contribution in [3.63, 3.8) is 0 Å². The number of hydrogen-bond donors (Lipinski definition) is 2. The van der Waals surface area contributed by atoms with Crippen LogP contribution in [0.4, 0.5) is 0 Å². The molecule has 0 saturated heterocycles. The van der Waals surface area contributed by atoms with E-state index in [-0.39, 0.29) is 17.4 Å². The first-order chi connectivity index (χ1) is 7.86. The molecule has 1 rings (SSSR count). The van der Waals surface area contributed by atoms with Gasteiger partial charge < -0.3 is 15.6 Å². The van der Waals surface area contributed by atoms with Gasteiger partial charge in [-0.3, -0.25) is 4.79 Å². The molecule has 0 aliphatic heterocycles. The van der Waals surface area contributed by atoms with E-state index in [9.17, 15) is 4.79 Å². The summed E-state index contributed by atoms with van der Waals surface area (Å²) in [5, 5.41) is 3.02. The monoisotopic (exact) mass is 238 g/mol. The molecule has 1 heterocycles. The van der Waals surface area contributed by atoms with E-state index in [2.05, 4.69) is 31.1 Å². The molecule has 0 bridgehead atoms. The van der Waals surface area contributed by atoms with Gasteiger partial charge in [-0.25, -0.2) is 4.98 Å². The number of imidazole rings is 1. The van der Waals surface area contributed by atoms with Crippen molar-refractivity contribution in [2.75, 3.05) is 6.54 Å². The Morgan fingerprint density at radius 2 is 2.24 bits per heavy atom. The second kappa shape index (κ2) is 5.31. The predicted molar refractivity (Wildman–Crippen MR) is 67.6 cm³/mol. The van der Waals surface area contributed by atoms with Crippen molar-refractivity contribution >= 4 is 5.91 Å². The molecule has 1 unspecified atom stereocenters. The Bertz CT molecular complexity index is 378. The molecule has 0 aliphatic rings.